The zero-order valence-corrected chi connectivity index (χ0v) is 14.5. The van der Waals surface area contributed by atoms with Crippen molar-refractivity contribution in [1.82, 2.24) is 10.3 Å². The molecular weight excluding hydrogens is 369 g/mol. The number of pyridine rings is 1. The van der Waals surface area contributed by atoms with Gasteiger partial charge >= 0.3 is 0 Å². The molecule has 142 valence electrons. The molecule has 2 N–H and O–H groups in total. The molecule has 28 heavy (non-hydrogen) atoms. The van der Waals surface area contributed by atoms with Crippen molar-refractivity contribution in [2.45, 2.75) is 6.54 Å². The van der Waals surface area contributed by atoms with Crippen LogP contribution in [0.5, 0.6) is 0 Å². The SMILES string of the molecule is O=C(NC(=NCc1ccccn1)Nc1cc(F)cc(F)c1)c1cccc(F)c1. The number of nitrogens with one attached hydrogen (secondary N) is 2. The molecule has 1 aromatic heterocycles. The standard InChI is InChI=1S/C20H15F3N4O/c21-14-5-3-4-13(8-14)19(28)27-20(25-12-17-6-1-2-7-24-17)26-18-10-15(22)9-16(23)11-18/h1-11H,12H2,(H2,25,26,27,28). The molecule has 0 atom stereocenters. The fraction of sp³-hybridized carbons (Fsp3) is 0.0500. The lowest BCUT2D eigenvalue weighted by atomic mass is 10.2. The van der Waals surface area contributed by atoms with Crippen molar-refractivity contribution in [2.75, 3.05) is 5.32 Å². The quantitative estimate of drug-likeness (QED) is 0.530. The van der Waals surface area contributed by atoms with Crippen LogP contribution in [-0.4, -0.2) is 16.9 Å². The number of carbonyl (C=O) groups is 1. The molecule has 3 aromatic rings. The number of anilines is 1. The molecule has 5 nitrogen and oxygen atoms in total. The van der Waals surface area contributed by atoms with Crippen molar-refractivity contribution in [1.29, 1.82) is 0 Å². The second-order valence-corrected chi connectivity index (χ2v) is 5.73. The Morgan fingerprint density at radius 2 is 1.71 bits per heavy atom. The second-order valence-electron chi connectivity index (χ2n) is 5.73. The van der Waals surface area contributed by atoms with Crippen LogP contribution < -0.4 is 10.6 Å². The number of amides is 1. The number of aromatic nitrogens is 1. The number of nitrogens with zero attached hydrogens (tertiary/aromatic N) is 2. The van der Waals surface area contributed by atoms with Gasteiger partial charge in [-0.15, -0.1) is 0 Å². The smallest absolute Gasteiger partial charge is 0.258 e. The summed E-state index contributed by atoms with van der Waals surface area (Å²) < 4.78 is 40.2. The number of benzene rings is 2. The van der Waals surface area contributed by atoms with E-state index >= 15 is 0 Å². The van der Waals surface area contributed by atoms with E-state index in [9.17, 15) is 18.0 Å². The lowest BCUT2D eigenvalue weighted by Crippen LogP contribution is -2.36. The van der Waals surface area contributed by atoms with Crippen molar-refractivity contribution < 1.29 is 18.0 Å². The van der Waals surface area contributed by atoms with E-state index in [0.717, 1.165) is 24.3 Å². The van der Waals surface area contributed by atoms with Crippen molar-refractivity contribution in [3.8, 4) is 0 Å². The summed E-state index contributed by atoms with van der Waals surface area (Å²) in [6.07, 6.45) is 1.59. The second kappa shape index (κ2) is 8.81. The van der Waals surface area contributed by atoms with E-state index in [1.54, 1.807) is 24.4 Å². The number of hydrogen-bond donors (Lipinski definition) is 2. The molecule has 0 spiro atoms. The van der Waals surface area contributed by atoms with E-state index in [-0.39, 0.29) is 23.8 Å². The van der Waals surface area contributed by atoms with Crippen molar-refractivity contribution >= 4 is 17.6 Å². The molecular formula is C20H15F3N4O. The van der Waals surface area contributed by atoms with Gasteiger partial charge < -0.3 is 5.32 Å². The van der Waals surface area contributed by atoms with Gasteiger partial charge in [-0.25, -0.2) is 18.2 Å². The summed E-state index contributed by atoms with van der Waals surface area (Å²) in [5, 5.41) is 5.14. The number of rotatable bonds is 4. The molecule has 1 amide bonds. The number of carbonyl (C=O) groups excluding carboxylic acids is 1. The first-order valence-corrected chi connectivity index (χ1v) is 8.24. The van der Waals surface area contributed by atoms with Gasteiger partial charge in [-0.2, -0.15) is 0 Å². The van der Waals surface area contributed by atoms with E-state index in [2.05, 4.69) is 20.6 Å². The largest absolute Gasteiger partial charge is 0.326 e. The summed E-state index contributed by atoms with van der Waals surface area (Å²) in [5.41, 5.74) is 0.738. The Morgan fingerprint density at radius 1 is 0.929 bits per heavy atom. The lowest BCUT2D eigenvalue weighted by Gasteiger charge is -2.12. The zero-order chi connectivity index (χ0) is 19.9. The summed E-state index contributed by atoms with van der Waals surface area (Å²) in [5.74, 6) is -2.85. The van der Waals surface area contributed by atoms with Crippen molar-refractivity contribution in [2.24, 2.45) is 4.99 Å². The fourth-order valence-corrected chi connectivity index (χ4v) is 2.33. The maximum absolute atomic E-state index is 13.4. The van der Waals surface area contributed by atoms with Crippen LogP contribution in [0, 0.1) is 17.5 Å². The lowest BCUT2D eigenvalue weighted by molar-refractivity contribution is 0.0976. The van der Waals surface area contributed by atoms with Gasteiger partial charge in [-0.3, -0.25) is 15.1 Å². The molecule has 0 fully saturated rings. The predicted octanol–water partition coefficient (Wildman–Crippen LogP) is 3.90. The summed E-state index contributed by atoms with van der Waals surface area (Å²) >= 11 is 0. The van der Waals surface area contributed by atoms with Gasteiger partial charge in [-0.05, 0) is 42.5 Å². The van der Waals surface area contributed by atoms with Crippen LogP contribution in [0.15, 0.2) is 71.9 Å². The van der Waals surface area contributed by atoms with Crippen LogP contribution in [0.1, 0.15) is 16.1 Å². The first-order chi connectivity index (χ1) is 13.5. The van der Waals surface area contributed by atoms with Gasteiger partial charge in [0, 0.05) is 23.5 Å². The van der Waals surface area contributed by atoms with E-state index in [0.29, 0.717) is 5.69 Å². The number of hydrogen-bond acceptors (Lipinski definition) is 3. The Bertz CT molecular complexity index is 989. The monoisotopic (exact) mass is 384 g/mol. The Hall–Kier alpha value is -3.68. The van der Waals surface area contributed by atoms with Gasteiger partial charge in [0.1, 0.15) is 17.5 Å². The van der Waals surface area contributed by atoms with Crippen LogP contribution in [0.3, 0.4) is 0 Å². The van der Waals surface area contributed by atoms with Gasteiger partial charge in [0.05, 0.1) is 12.2 Å². The molecule has 0 bridgehead atoms. The minimum Gasteiger partial charge on any atom is -0.326 e. The highest BCUT2D eigenvalue weighted by Gasteiger charge is 2.11. The van der Waals surface area contributed by atoms with Crippen LogP contribution in [0.25, 0.3) is 0 Å². The average molecular weight is 384 g/mol. The van der Waals surface area contributed by atoms with Crippen LogP contribution in [0.2, 0.25) is 0 Å². The zero-order valence-electron chi connectivity index (χ0n) is 14.5. The molecule has 0 aliphatic carbocycles. The van der Waals surface area contributed by atoms with Gasteiger partial charge in [-0.1, -0.05) is 12.1 Å². The number of guanidine groups is 1. The normalized spacial score (nSPS) is 11.2. The van der Waals surface area contributed by atoms with Crippen LogP contribution in [-0.2, 0) is 6.54 Å². The summed E-state index contributed by atoms with van der Waals surface area (Å²) in [4.78, 5) is 20.7. The van der Waals surface area contributed by atoms with Gasteiger partial charge in [0.2, 0.25) is 5.96 Å². The van der Waals surface area contributed by atoms with E-state index in [4.69, 9.17) is 0 Å². The highest BCUT2D eigenvalue weighted by atomic mass is 19.1. The first-order valence-electron chi connectivity index (χ1n) is 8.24. The van der Waals surface area contributed by atoms with Gasteiger partial charge in [0.15, 0.2) is 0 Å². The van der Waals surface area contributed by atoms with Crippen LogP contribution in [0.4, 0.5) is 18.9 Å². The van der Waals surface area contributed by atoms with E-state index < -0.39 is 23.4 Å². The highest BCUT2D eigenvalue weighted by molar-refractivity contribution is 6.09. The third-order valence-electron chi connectivity index (χ3n) is 3.57. The summed E-state index contributed by atoms with van der Waals surface area (Å²) in [6.45, 7) is 0.102. The minimum atomic E-state index is -0.789. The Balaban J connectivity index is 1.83. The van der Waals surface area contributed by atoms with Crippen LogP contribution >= 0.6 is 0 Å². The van der Waals surface area contributed by atoms with E-state index in [1.165, 1.54) is 18.2 Å². The minimum absolute atomic E-state index is 0.0526. The molecule has 3 rings (SSSR count). The molecule has 0 saturated carbocycles. The summed E-state index contributed by atoms with van der Waals surface area (Å²) in [6, 6.07) is 13.2. The maximum Gasteiger partial charge on any atom is 0.258 e. The molecule has 0 unspecified atom stereocenters. The predicted molar refractivity (Wildman–Crippen MR) is 99.2 cm³/mol. The molecule has 2 aromatic carbocycles. The number of halogens is 3. The molecule has 0 aliphatic rings. The maximum atomic E-state index is 13.4. The average Bonchev–Trinajstić information content (AvgIpc) is 2.66. The highest BCUT2D eigenvalue weighted by Crippen LogP contribution is 2.13. The molecule has 0 aliphatic heterocycles. The Morgan fingerprint density at radius 3 is 2.39 bits per heavy atom. The Labute approximate surface area is 159 Å². The van der Waals surface area contributed by atoms with Gasteiger partial charge in [0.25, 0.3) is 5.91 Å². The topological polar surface area (TPSA) is 66.4 Å². The molecule has 1 heterocycles. The number of aliphatic imine (C=N–C) groups is 1. The first kappa shape index (κ1) is 19.1. The fourth-order valence-electron chi connectivity index (χ4n) is 2.33. The summed E-state index contributed by atoms with van der Waals surface area (Å²) in [7, 11) is 0. The molecule has 8 heteroatoms. The molecule has 0 saturated heterocycles. The molecule has 0 radical (unpaired) electrons. The van der Waals surface area contributed by atoms with Crippen molar-refractivity contribution in [3.05, 3.63) is 95.6 Å². The Kier molecular flexibility index (Phi) is 6.01. The van der Waals surface area contributed by atoms with Crippen molar-refractivity contribution in [3.63, 3.8) is 0 Å². The van der Waals surface area contributed by atoms with E-state index in [1.807, 2.05) is 0 Å². The third-order valence-corrected chi connectivity index (χ3v) is 3.57. The third kappa shape index (κ3) is 5.41.